The number of halogens is 2. The van der Waals surface area contributed by atoms with Crippen molar-refractivity contribution in [2.24, 2.45) is 4.99 Å². The Bertz CT molecular complexity index is 1430. The summed E-state index contributed by atoms with van der Waals surface area (Å²) in [4.78, 5) is 31.7. The Morgan fingerprint density at radius 2 is 1.61 bits per heavy atom. The van der Waals surface area contributed by atoms with Crippen molar-refractivity contribution in [1.82, 2.24) is 9.55 Å². The number of aromatic hydroxyl groups is 1. The molecule has 0 aliphatic rings. The van der Waals surface area contributed by atoms with E-state index in [1.54, 1.807) is 30.3 Å². The molecule has 9 heteroatoms. The molecule has 0 saturated heterocycles. The number of para-hydroxylation sites is 2. The lowest BCUT2D eigenvalue weighted by atomic mass is 10.2. The summed E-state index contributed by atoms with van der Waals surface area (Å²) in [5, 5.41) is 13.9. The predicted octanol–water partition coefficient (Wildman–Crippen LogP) is 3.57. The average Bonchev–Trinajstić information content (AvgIpc) is 2.80. The Morgan fingerprint density at radius 1 is 0.939 bits per heavy atom. The third-order valence-electron chi connectivity index (χ3n) is 4.79. The predicted molar refractivity (Wildman–Crippen MR) is 121 cm³/mol. The van der Waals surface area contributed by atoms with Gasteiger partial charge in [-0.05, 0) is 42.0 Å². The number of aromatic amines is 1. The number of amidine groups is 1. The number of nitrogens with one attached hydrogen (secondary N) is 2. The molecule has 7 nitrogen and oxygen atoms in total. The zero-order valence-corrected chi connectivity index (χ0v) is 17.1. The molecular formula is C24H18F2N4O3. The van der Waals surface area contributed by atoms with E-state index in [0.29, 0.717) is 15.8 Å². The third kappa shape index (κ3) is 4.72. The zero-order chi connectivity index (χ0) is 23.4. The van der Waals surface area contributed by atoms with Gasteiger partial charge in [0.2, 0.25) is 5.88 Å². The molecule has 33 heavy (non-hydrogen) atoms. The molecule has 0 atom stereocenters. The van der Waals surface area contributed by atoms with Crippen LogP contribution in [-0.2, 0) is 6.54 Å². The number of aromatic nitrogens is 2. The monoisotopic (exact) mass is 448 g/mol. The van der Waals surface area contributed by atoms with E-state index in [4.69, 9.17) is 0 Å². The first-order valence-corrected chi connectivity index (χ1v) is 9.88. The molecule has 1 heterocycles. The van der Waals surface area contributed by atoms with Crippen LogP contribution in [-0.4, -0.2) is 20.5 Å². The molecule has 3 aromatic carbocycles. The number of rotatable bonds is 5. The van der Waals surface area contributed by atoms with E-state index in [9.17, 15) is 23.5 Å². The normalized spacial score (nSPS) is 11.4. The first-order chi connectivity index (χ1) is 15.9. The number of hydrogen-bond acceptors (Lipinski definition) is 4. The second kappa shape index (κ2) is 9.31. The Labute approximate surface area is 186 Å². The molecule has 0 unspecified atom stereocenters. The van der Waals surface area contributed by atoms with Crippen LogP contribution in [0.4, 0.5) is 14.5 Å². The van der Waals surface area contributed by atoms with Gasteiger partial charge in [-0.3, -0.25) is 14.8 Å². The molecule has 1 aromatic heterocycles. The maximum Gasteiger partial charge on any atom is 0.335 e. The highest BCUT2D eigenvalue weighted by atomic mass is 19.1. The highest BCUT2D eigenvalue weighted by Gasteiger charge is 2.22. The zero-order valence-electron chi connectivity index (χ0n) is 17.1. The van der Waals surface area contributed by atoms with E-state index in [-0.39, 0.29) is 23.6 Å². The molecule has 0 fully saturated rings. The standard InChI is InChI=1S/C24H18F2N4O3/c25-16-12-10-15(11-13-16)14-27-21(28-17-6-2-1-3-7-17)20-22(31)29-24(33)30(23(20)32)19-9-5-4-8-18(19)26/h1-13,32H,14H2,(H,27,28)(H,29,31,33). The minimum absolute atomic E-state index is 0.0349. The highest BCUT2D eigenvalue weighted by Crippen LogP contribution is 2.21. The van der Waals surface area contributed by atoms with E-state index in [1.807, 2.05) is 0 Å². The first-order valence-electron chi connectivity index (χ1n) is 9.88. The summed E-state index contributed by atoms with van der Waals surface area (Å²) in [7, 11) is 0. The average molecular weight is 448 g/mol. The van der Waals surface area contributed by atoms with E-state index in [0.717, 1.165) is 6.07 Å². The maximum atomic E-state index is 14.4. The Hall–Kier alpha value is -4.53. The van der Waals surface area contributed by atoms with Crippen molar-refractivity contribution in [3.05, 3.63) is 122 Å². The van der Waals surface area contributed by atoms with Gasteiger partial charge >= 0.3 is 5.69 Å². The van der Waals surface area contributed by atoms with Gasteiger partial charge in [0.25, 0.3) is 5.56 Å². The molecule has 0 bridgehead atoms. The van der Waals surface area contributed by atoms with Crippen LogP contribution >= 0.6 is 0 Å². The Balaban J connectivity index is 1.87. The Morgan fingerprint density at radius 3 is 2.30 bits per heavy atom. The van der Waals surface area contributed by atoms with Crippen molar-refractivity contribution < 1.29 is 13.9 Å². The fraction of sp³-hybridized carbons (Fsp3) is 0.0417. The smallest absolute Gasteiger partial charge is 0.335 e. The topological polar surface area (TPSA) is 99.5 Å². The van der Waals surface area contributed by atoms with Crippen LogP contribution < -0.4 is 16.6 Å². The summed E-state index contributed by atoms with van der Waals surface area (Å²) in [6.07, 6.45) is 0. The van der Waals surface area contributed by atoms with E-state index in [2.05, 4.69) is 15.3 Å². The second-order valence-electron chi connectivity index (χ2n) is 7.03. The summed E-state index contributed by atoms with van der Waals surface area (Å²) < 4.78 is 28.3. The molecule has 0 saturated carbocycles. The van der Waals surface area contributed by atoms with Crippen molar-refractivity contribution >= 4 is 11.5 Å². The van der Waals surface area contributed by atoms with Crippen LogP contribution in [0.25, 0.3) is 5.69 Å². The lowest BCUT2D eigenvalue weighted by molar-refractivity contribution is 0.426. The van der Waals surface area contributed by atoms with Crippen LogP contribution in [0.2, 0.25) is 0 Å². The van der Waals surface area contributed by atoms with Gasteiger partial charge in [0.05, 0.1) is 12.2 Å². The summed E-state index contributed by atoms with van der Waals surface area (Å²) in [6, 6.07) is 19.7. The lowest BCUT2D eigenvalue weighted by Gasteiger charge is -2.15. The van der Waals surface area contributed by atoms with Crippen LogP contribution in [0.15, 0.2) is 93.4 Å². The number of nitrogens with zero attached hydrogens (tertiary/aromatic N) is 2. The number of anilines is 1. The van der Waals surface area contributed by atoms with Crippen LogP contribution in [0.5, 0.6) is 5.88 Å². The van der Waals surface area contributed by atoms with Gasteiger partial charge < -0.3 is 10.4 Å². The first kappa shape index (κ1) is 21.7. The number of hydrogen-bond donors (Lipinski definition) is 3. The molecule has 3 N–H and O–H groups in total. The van der Waals surface area contributed by atoms with Gasteiger partial charge in [-0.2, -0.15) is 0 Å². The van der Waals surface area contributed by atoms with Crippen molar-refractivity contribution in [3.8, 4) is 11.6 Å². The molecule has 166 valence electrons. The van der Waals surface area contributed by atoms with Gasteiger partial charge in [0.15, 0.2) is 0 Å². The SMILES string of the molecule is O=c1[nH]c(=O)n(-c2ccccc2F)c(O)c1C(=NCc1ccc(F)cc1)Nc1ccccc1. The number of benzene rings is 3. The van der Waals surface area contributed by atoms with Crippen molar-refractivity contribution in [3.63, 3.8) is 0 Å². The minimum atomic E-state index is -1.01. The number of H-pyrrole nitrogens is 1. The van der Waals surface area contributed by atoms with Crippen molar-refractivity contribution in [2.75, 3.05) is 5.32 Å². The van der Waals surface area contributed by atoms with Crippen molar-refractivity contribution in [1.29, 1.82) is 0 Å². The fourth-order valence-electron chi connectivity index (χ4n) is 3.19. The molecule has 0 aliphatic carbocycles. The second-order valence-corrected chi connectivity index (χ2v) is 7.03. The van der Waals surface area contributed by atoms with Gasteiger partial charge in [0.1, 0.15) is 23.0 Å². The highest BCUT2D eigenvalue weighted by molar-refractivity contribution is 6.09. The summed E-state index contributed by atoms with van der Waals surface area (Å²) in [6.45, 7) is 0.0349. The summed E-state index contributed by atoms with van der Waals surface area (Å²) in [5.41, 5.74) is -1.32. The van der Waals surface area contributed by atoms with Crippen LogP contribution in [0, 0.1) is 11.6 Å². The van der Waals surface area contributed by atoms with Crippen molar-refractivity contribution in [2.45, 2.75) is 6.54 Å². The lowest BCUT2D eigenvalue weighted by Crippen LogP contribution is -2.35. The molecular weight excluding hydrogens is 430 g/mol. The largest absolute Gasteiger partial charge is 0.493 e. The van der Waals surface area contributed by atoms with Gasteiger partial charge in [-0.15, -0.1) is 0 Å². The minimum Gasteiger partial charge on any atom is -0.493 e. The number of aliphatic imine (C=N–C) groups is 1. The van der Waals surface area contributed by atoms with Gasteiger partial charge in [-0.1, -0.05) is 42.5 Å². The van der Waals surface area contributed by atoms with Gasteiger partial charge in [0, 0.05) is 5.69 Å². The fourth-order valence-corrected chi connectivity index (χ4v) is 3.19. The molecule has 4 aromatic rings. The van der Waals surface area contributed by atoms with E-state index in [1.165, 1.54) is 42.5 Å². The van der Waals surface area contributed by atoms with Crippen LogP contribution in [0.3, 0.4) is 0 Å². The molecule has 0 radical (unpaired) electrons. The summed E-state index contributed by atoms with van der Waals surface area (Å²) >= 11 is 0. The molecule has 0 aliphatic heterocycles. The molecule has 4 rings (SSSR count). The molecule has 0 amide bonds. The maximum absolute atomic E-state index is 14.4. The van der Waals surface area contributed by atoms with E-state index >= 15 is 0 Å². The molecule has 0 spiro atoms. The van der Waals surface area contributed by atoms with Crippen LogP contribution in [0.1, 0.15) is 11.1 Å². The van der Waals surface area contributed by atoms with E-state index < -0.39 is 28.8 Å². The van der Waals surface area contributed by atoms with Gasteiger partial charge in [-0.25, -0.2) is 18.1 Å². The Kier molecular flexibility index (Phi) is 6.12. The summed E-state index contributed by atoms with van der Waals surface area (Å²) in [5.74, 6) is -2.02. The third-order valence-corrected chi connectivity index (χ3v) is 4.79. The quantitative estimate of drug-likeness (QED) is 0.321.